The molecule has 0 radical (unpaired) electrons. The lowest BCUT2D eigenvalue weighted by molar-refractivity contribution is -0.0296. The molecule has 0 spiro atoms. The summed E-state index contributed by atoms with van der Waals surface area (Å²) in [5, 5.41) is 29.0. The Hall–Kier alpha value is -2.21. The third-order valence-electron chi connectivity index (χ3n) is 3.49. The Labute approximate surface area is 112 Å². The highest BCUT2D eigenvalue weighted by molar-refractivity contribution is 5.82. The number of fused-ring (bicyclic) bond motifs is 1. The fourth-order valence-electron chi connectivity index (χ4n) is 2.43. The minimum absolute atomic E-state index is 0.138. The number of nitrogens with one attached hydrogen (secondary N) is 1. The number of nitrogens with zero attached hydrogens (tertiary/aromatic N) is 3. The molecular formula is C12H12N4O4. The second kappa shape index (κ2) is 4.42. The summed E-state index contributed by atoms with van der Waals surface area (Å²) in [6.07, 6.45) is -1.04. The first-order valence-corrected chi connectivity index (χ1v) is 6.04. The maximum Gasteiger partial charge on any atom is 0.261 e. The Bertz CT molecular complexity index is 759. The number of hydrogen-bond acceptors (Lipinski definition) is 6. The Morgan fingerprint density at radius 3 is 2.85 bits per heavy atom. The van der Waals surface area contributed by atoms with Gasteiger partial charge in [-0.15, -0.1) is 0 Å². The highest BCUT2D eigenvalue weighted by Gasteiger charge is 2.42. The van der Waals surface area contributed by atoms with Gasteiger partial charge >= 0.3 is 0 Å². The van der Waals surface area contributed by atoms with E-state index in [0.29, 0.717) is 0 Å². The van der Waals surface area contributed by atoms with E-state index in [1.54, 1.807) is 6.92 Å². The van der Waals surface area contributed by atoms with Gasteiger partial charge in [0.25, 0.3) is 5.56 Å². The molecule has 1 saturated heterocycles. The van der Waals surface area contributed by atoms with Crippen molar-refractivity contribution in [2.45, 2.75) is 31.5 Å². The molecule has 3 heterocycles. The molecule has 1 aliphatic heterocycles. The lowest BCUT2D eigenvalue weighted by Gasteiger charge is -2.16. The van der Waals surface area contributed by atoms with Gasteiger partial charge in [-0.25, -0.2) is 4.98 Å². The van der Waals surface area contributed by atoms with E-state index in [1.165, 1.54) is 17.1 Å². The summed E-state index contributed by atoms with van der Waals surface area (Å²) in [5.74, 6) is 0. The number of aromatic amines is 1. The predicted molar refractivity (Wildman–Crippen MR) is 66.7 cm³/mol. The van der Waals surface area contributed by atoms with Crippen molar-refractivity contribution in [1.29, 1.82) is 5.26 Å². The average Bonchev–Trinajstić information content (AvgIpc) is 2.93. The first-order chi connectivity index (χ1) is 9.54. The van der Waals surface area contributed by atoms with E-state index in [-0.39, 0.29) is 16.6 Å². The van der Waals surface area contributed by atoms with E-state index in [4.69, 9.17) is 10.00 Å². The Morgan fingerprint density at radius 2 is 2.25 bits per heavy atom. The van der Waals surface area contributed by atoms with E-state index in [2.05, 4.69) is 9.97 Å². The van der Waals surface area contributed by atoms with Crippen LogP contribution in [0.5, 0.6) is 0 Å². The minimum atomic E-state index is -1.16. The van der Waals surface area contributed by atoms with Gasteiger partial charge in [-0.3, -0.25) is 4.79 Å². The van der Waals surface area contributed by atoms with Gasteiger partial charge in [0.05, 0.1) is 18.0 Å². The van der Waals surface area contributed by atoms with E-state index in [1.807, 2.05) is 6.07 Å². The van der Waals surface area contributed by atoms with Crippen molar-refractivity contribution in [3.63, 3.8) is 0 Å². The number of H-pyrrole nitrogens is 1. The molecule has 1 aliphatic rings. The van der Waals surface area contributed by atoms with Crippen LogP contribution in [0.25, 0.3) is 11.0 Å². The number of nitriles is 1. The first kappa shape index (κ1) is 12.8. The SMILES string of the molecule is C[C@H]1O[C@@H](n2cc(C#N)c3c(=O)[nH]cnc32)[C@H](O)[C@@H]1O. The number of aliphatic hydroxyl groups is 2. The molecule has 2 aromatic rings. The molecule has 3 N–H and O–H groups in total. The normalized spacial score (nSPS) is 29.7. The van der Waals surface area contributed by atoms with Gasteiger partial charge < -0.3 is 24.5 Å². The molecular weight excluding hydrogens is 264 g/mol. The van der Waals surface area contributed by atoms with Crippen LogP contribution in [-0.4, -0.2) is 43.1 Å². The van der Waals surface area contributed by atoms with Crippen LogP contribution < -0.4 is 5.56 Å². The molecule has 0 saturated carbocycles. The summed E-state index contributed by atoms with van der Waals surface area (Å²) in [4.78, 5) is 18.2. The van der Waals surface area contributed by atoms with Gasteiger partial charge in [-0.2, -0.15) is 5.26 Å². The third kappa shape index (κ3) is 1.65. The minimum Gasteiger partial charge on any atom is -0.388 e. The van der Waals surface area contributed by atoms with Crippen molar-refractivity contribution >= 4 is 11.0 Å². The van der Waals surface area contributed by atoms with Crippen LogP contribution in [0, 0.1) is 11.3 Å². The molecule has 3 rings (SSSR count). The summed E-state index contributed by atoms with van der Waals surface area (Å²) in [6.45, 7) is 1.63. The van der Waals surface area contributed by atoms with E-state index in [0.717, 1.165) is 0 Å². The maximum absolute atomic E-state index is 11.8. The smallest absolute Gasteiger partial charge is 0.261 e. The third-order valence-corrected chi connectivity index (χ3v) is 3.49. The molecule has 20 heavy (non-hydrogen) atoms. The zero-order chi connectivity index (χ0) is 14.4. The molecule has 8 heteroatoms. The lowest BCUT2D eigenvalue weighted by atomic mass is 10.1. The van der Waals surface area contributed by atoms with Crippen LogP contribution in [-0.2, 0) is 4.74 Å². The maximum atomic E-state index is 11.8. The Morgan fingerprint density at radius 1 is 1.50 bits per heavy atom. The van der Waals surface area contributed by atoms with Gasteiger partial charge in [0, 0.05) is 6.20 Å². The molecule has 0 unspecified atom stereocenters. The van der Waals surface area contributed by atoms with Crippen molar-refractivity contribution < 1.29 is 14.9 Å². The quantitative estimate of drug-likeness (QED) is 0.628. The second-order valence-corrected chi connectivity index (χ2v) is 4.71. The zero-order valence-corrected chi connectivity index (χ0v) is 10.5. The summed E-state index contributed by atoms with van der Waals surface area (Å²) in [7, 11) is 0. The number of aromatic nitrogens is 3. The topological polar surface area (TPSA) is 124 Å². The molecule has 2 aromatic heterocycles. The molecule has 0 bridgehead atoms. The van der Waals surface area contributed by atoms with Crippen molar-refractivity contribution in [2.24, 2.45) is 0 Å². The molecule has 104 valence electrons. The molecule has 0 aliphatic carbocycles. The predicted octanol–water partition coefficient (Wildman–Crippen LogP) is -0.765. The summed E-state index contributed by atoms with van der Waals surface area (Å²) in [6, 6.07) is 1.91. The largest absolute Gasteiger partial charge is 0.388 e. The van der Waals surface area contributed by atoms with Crippen molar-refractivity contribution in [1.82, 2.24) is 14.5 Å². The standard InChI is InChI=1S/C12H12N4O4/c1-5-8(17)9(18)12(20-5)16-3-6(2-13)7-10(16)14-4-15-11(7)19/h3-5,8-9,12,17-18H,1H3,(H,14,15,19)/t5-,8-,9-,12-/m1/s1. The number of ether oxygens (including phenoxy) is 1. The van der Waals surface area contributed by atoms with Crippen molar-refractivity contribution in [2.75, 3.05) is 0 Å². The van der Waals surface area contributed by atoms with E-state index >= 15 is 0 Å². The van der Waals surface area contributed by atoms with E-state index in [9.17, 15) is 15.0 Å². The van der Waals surface area contributed by atoms with Gasteiger partial charge in [0.15, 0.2) is 11.9 Å². The van der Waals surface area contributed by atoms with Crippen LogP contribution >= 0.6 is 0 Å². The molecule has 8 nitrogen and oxygen atoms in total. The lowest BCUT2D eigenvalue weighted by Crippen LogP contribution is -2.30. The van der Waals surface area contributed by atoms with Gasteiger partial charge in [0.1, 0.15) is 23.7 Å². The van der Waals surface area contributed by atoms with Crippen LogP contribution in [0.4, 0.5) is 0 Å². The van der Waals surface area contributed by atoms with Crippen LogP contribution in [0.2, 0.25) is 0 Å². The summed E-state index contributed by atoms with van der Waals surface area (Å²) >= 11 is 0. The van der Waals surface area contributed by atoms with Crippen LogP contribution in [0.15, 0.2) is 17.3 Å². The number of aliphatic hydroxyl groups excluding tert-OH is 2. The highest BCUT2D eigenvalue weighted by Crippen LogP contribution is 2.32. The number of rotatable bonds is 1. The summed E-state index contributed by atoms with van der Waals surface area (Å²) in [5.41, 5.74) is -0.0683. The summed E-state index contributed by atoms with van der Waals surface area (Å²) < 4.78 is 6.88. The van der Waals surface area contributed by atoms with Crippen LogP contribution in [0.1, 0.15) is 18.7 Å². The average molecular weight is 276 g/mol. The first-order valence-electron chi connectivity index (χ1n) is 6.04. The Kier molecular flexibility index (Phi) is 2.83. The van der Waals surface area contributed by atoms with Gasteiger partial charge in [-0.1, -0.05) is 0 Å². The fraction of sp³-hybridized carbons (Fsp3) is 0.417. The van der Waals surface area contributed by atoms with Gasteiger partial charge in [-0.05, 0) is 6.92 Å². The fourth-order valence-corrected chi connectivity index (χ4v) is 2.43. The van der Waals surface area contributed by atoms with Crippen LogP contribution in [0.3, 0.4) is 0 Å². The zero-order valence-electron chi connectivity index (χ0n) is 10.5. The van der Waals surface area contributed by atoms with Crippen molar-refractivity contribution in [3.8, 4) is 6.07 Å². The molecule has 4 atom stereocenters. The molecule has 1 fully saturated rings. The number of hydrogen-bond donors (Lipinski definition) is 3. The molecule has 0 aromatic carbocycles. The monoisotopic (exact) mass is 276 g/mol. The molecule has 0 amide bonds. The second-order valence-electron chi connectivity index (χ2n) is 4.71. The Balaban J connectivity index is 2.22. The highest BCUT2D eigenvalue weighted by atomic mass is 16.6. The van der Waals surface area contributed by atoms with E-state index < -0.39 is 30.1 Å². The van der Waals surface area contributed by atoms with Gasteiger partial charge in [0.2, 0.25) is 0 Å². The van der Waals surface area contributed by atoms with Crippen molar-refractivity contribution in [3.05, 3.63) is 28.4 Å².